The fourth-order valence-electron chi connectivity index (χ4n) is 2.24. The number of nitrogens with one attached hydrogen (secondary N) is 2. The third-order valence-electron chi connectivity index (χ3n) is 3.58. The lowest BCUT2D eigenvalue weighted by atomic mass is 10.1. The first-order valence-electron chi connectivity index (χ1n) is 7.50. The lowest BCUT2D eigenvalue weighted by molar-refractivity contribution is 0.739. The molecular weight excluding hydrogens is 318 g/mol. The Balaban J connectivity index is 2.51. The summed E-state index contributed by atoms with van der Waals surface area (Å²) < 4.78 is 1.60. The molecule has 0 atom stereocenters. The maximum Gasteiger partial charge on any atom is 0.173 e. The Hall–Kier alpha value is -3.49. The summed E-state index contributed by atoms with van der Waals surface area (Å²) in [5.74, 6) is -0.113. The van der Waals surface area contributed by atoms with Crippen LogP contribution in [0.3, 0.4) is 0 Å². The fraction of sp³-hybridized carbons (Fsp3) is 0.188. The van der Waals surface area contributed by atoms with Crippen molar-refractivity contribution in [2.75, 3.05) is 5.73 Å². The summed E-state index contributed by atoms with van der Waals surface area (Å²) in [6.07, 6.45) is 1.77. The van der Waals surface area contributed by atoms with E-state index in [9.17, 15) is 0 Å². The van der Waals surface area contributed by atoms with Gasteiger partial charge in [0.15, 0.2) is 11.7 Å². The van der Waals surface area contributed by atoms with Crippen molar-refractivity contribution in [3.05, 3.63) is 47.1 Å². The molecule has 130 valence electrons. The standard InChI is InChI=1S/C16H21N9/c1-4-9-5-13(25(3)24-9)15(20)23-16(21)14-10(7-17)11(19)6-12(22-14)8(2)18/h5-7,17H,2,4,18H2,1,3H3,(H2,19,22)(H3,20,21,23). The number of nitrogen functional groups attached to an aromatic ring is 1. The Morgan fingerprint density at radius 2 is 2.08 bits per heavy atom. The van der Waals surface area contributed by atoms with Gasteiger partial charge in [-0.05, 0) is 18.6 Å². The minimum absolute atomic E-state index is 0.109. The summed E-state index contributed by atoms with van der Waals surface area (Å²) in [5, 5.41) is 20.0. The van der Waals surface area contributed by atoms with Gasteiger partial charge in [0.25, 0.3) is 0 Å². The van der Waals surface area contributed by atoms with E-state index in [1.807, 2.05) is 13.0 Å². The number of nitrogens with zero attached hydrogens (tertiary/aromatic N) is 4. The van der Waals surface area contributed by atoms with Crippen LogP contribution in [0.25, 0.3) is 5.70 Å². The van der Waals surface area contributed by atoms with Crippen molar-refractivity contribution in [3.63, 3.8) is 0 Å². The molecule has 9 heteroatoms. The molecule has 0 bridgehead atoms. The zero-order valence-electron chi connectivity index (χ0n) is 14.2. The number of hydrogen-bond acceptors (Lipinski definition) is 6. The van der Waals surface area contributed by atoms with Gasteiger partial charge in [0.2, 0.25) is 0 Å². The van der Waals surface area contributed by atoms with Gasteiger partial charge < -0.3 is 22.6 Å². The summed E-state index contributed by atoms with van der Waals surface area (Å²) in [5.41, 5.74) is 20.2. The van der Waals surface area contributed by atoms with Gasteiger partial charge in [-0.3, -0.25) is 10.1 Å². The molecule has 25 heavy (non-hydrogen) atoms. The van der Waals surface area contributed by atoms with Crippen LogP contribution in [0, 0.1) is 10.8 Å². The first-order chi connectivity index (χ1) is 11.8. The molecule has 0 fully saturated rings. The highest BCUT2D eigenvalue weighted by Crippen LogP contribution is 2.18. The molecule has 0 aliphatic carbocycles. The van der Waals surface area contributed by atoms with E-state index in [4.69, 9.17) is 28.0 Å². The maximum absolute atomic E-state index is 8.22. The van der Waals surface area contributed by atoms with Gasteiger partial charge in [-0.2, -0.15) is 5.10 Å². The number of aryl methyl sites for hydroxylation is 2. The van der Waals surface area contributed by atoms with Crippen molar-refractivity contribution < 1.29 is 0 Å². The Morgan fingerprint density at radius 1 is 1.40 bits per heavy atom. The fourth-order valence-corrected chi connectivity index (χ4v) is 2.24. The molecule has 0 radical (unpaired) electrons. The molecule has 2 aromatic rings. The molecule has 0 aliphatic rings. The number of anilines is 1. The Bertz CT molecular complexity index is 889. The number of amidine groups is 2. The highest BCUT2D eigenvalue weighted by atomic mass is 15.3. The van der Waals surface area contributed by atoms with Crippen molar-refractivity contribution in [2.24, 2.45) is 23.5 Å². The van der Waals surface area contributed by atoms with E-state index in [-0.39, 0.29) is 34.3 Å². The molecule has 0 unspecified atom stereocenters. The molecule has 0 saturated carbocycles. The maximum atomic E-state index is 8.22. The number of aliphatic imine (C=N–C) groups is 1. The van der Waals surface area contributed by atoms with E-state index < -0.39 is 0 Å². The lowest BCUT2D eigenvalue weighted by Gasteiger charge is -2.10. The van der Waals surface area contributed by atoms with Crippen LogP contribution in [0.4, 0.5) is 5.69 Å². The van der Waals surface area contributed by atoms with Crippen LogP contribution in [0.1, 0.15) is 35.3 Å². The smallest absolute Gasteiger partial charge is 0.173 e. The molecule has 8 N–H and O–H groups in total. The van der Waals surface area contributed by atoms with Crippen LogP contribution in [0.5, 0.6) is 0 Å². The topological polar surface area (TPSA) is 169 Å². The summed E-state index contributed by atoms with van der Waals surface area (Å²) in [6, 6.07) is 3.31. The van der Waals surface area contributed by atoms with Crippen LogP contribution in [0.15, 0.2) is 23.7 Å². The molecule has 2 aromatic heterocycles. The molecule has 0 amide bonds. The van der Waals surface area contributed by atoms with Crippen molar-refractivity contribution in [1.82, 2.24) is 14.8 Å². The zero-order chi connectivity index (χ0) is 18.7. The molecule has 0 aliphatic heterocycles. The molecule has 2 heterocycles. The van der Waals surface area contributed by atoms with Crippen LogP contribution in [-0.4, -0.2) is 32.7 Å². The lowest BCUT2D eigenvalue weighted by Crippen LogP contribution is -2.21. The monoisotopic (exact) mass is 339 g/mol. The van der Waals surface area contributed by atoms with Gasteiger partial charge in [0.1, 0.15) is 11.4 Å². The normalized spacial score (nSPS) is 11.4. The van der Waals surface area contributed by atoms with Gasteiger partial charge in [-0.25, -0.2) is 9.98 Å². The van der Waals surface area contributed by atoms with E-state index in [0.29, 0.717) is 11.4 Å². The van der Waals surface area contributed by atoms with Crippen LogP contribution < -0.4 is 17.2 Å². The average molecular weight is 339 g/mol. The van der Waals surface area contributed by atoms with Crippen LogP contribution >= 0.6 is 0 Å². The second-order valence-corrected chi connectivity index (χ2v) is 5.37. The van der Waals surface area contributed by atoms with Gasteiger partial charge in [0, 0.05) is 24.5 Å². The summed E-state index contributed by atoms with van der Waals surface area (Å²) >= 11 is 0. The molecule has 2 rings (SSSR count). The summed E-state index contributed by atoms with van der Waals surface area (Å²) in [7, 11) is 1.75. The van der Waals surface area contributed by atoms with E-state index in [2.05, 4.69) is 21.7 Å². The molecule has 9 nitrogen and oxygen atoms in total. The minimum Gasteiger partial charge on any atom is -0.398 e. The van der Waals surface area contributed by atoms with Crippen molar-refractivity contribution in [1.29, 1.82) is 10.8 Å². The predicted molar refractivity (Wildman–Crippen MR) is 99.9 cm³/mol. The van der Waals surface area contributed by atoms with Crippen LogP contribution in [0.2, 0.25) is 0 Å². The number of aromatic nitrogens is 3. The summed E-state index contributed by atoms with van der Waals surface area (Å²) in [4.78, 5) is 8.33. The second-order valence-electron chi connectivity index (χ2n) is 5.37. The van der Waals surface area contributed by atoms with Gasteiger partial charge in [-0.1, -0.05) is 13.5 Å². The summed E-state index contributed by atoms with van der Waals surface area (Å²) in [6.45, 7) is 5.60. The third kappa shape index (κ3) is 3.55. The molecule has 0 saturated heterocycles. The van der Waals surface area contributed by atoms with Crippen molar-refractivity contribution >= 4 is 29.3 Å². The molecule has 0 aromatic carbocycles. The van der Waals surface area contributed by atoms with Crippen LogP contribution in [-0.2, 0) is 13.5 Å². The van der Waals surface area contributed by atoms with Crippen molar-refractivity contribution in [2.45, 2.75) is 13.3 Å². The number of rotatable bonds is 5. The second kappa shape index (κ2) is 6.95. The Kier molecular flexibility index (Phi) is 4.97. The van der Waals surface area contributed by atoms with Gasteiger partial charge in [-0.15, -0.1) is 0 Å². The largest absolute Gasteiger partial charge is 0.398 e. The highest BCUT2D eigenvalue weighted by molar-refractivity contribution is 6.12. The number of nitrogens with two attached hydrogens (primary N) is 3. The van der Waals surface area contributed by atoms with E-state index >= 15 is 0 Å². The van der Waals surface area contributed by atoms with Gasteiger partial charge >= 0.3 is 0 Å². The van der Waals surface area contributed by atoms with E-state index in [0.717, 1.165) is 18.3 Å². The average Bonchev–Trinajstić information content (AvgIpc) is 2.94. The first kappa shape index (κ1) is 17.9. The predicted octanol–water partition coefficient (Wildman–Crippen LogP) is 0.618. The molecule has 0 spiro atoms. The van der Waals surface area contributed by atoms with E-state index in [1.54, 1.807) is 11.7 Å². The quantitative estimate of drug-likeness (QED) is 0.396. The number of pyridine rings is 1. The first-order valence-corrected chi connectivity index (χ1v) is 7.50. The Morgan fingerprint density at radius 3 is 2.60 bits per heavy atom. The number of hydrogen-bond donors (Lipinski definition) is 5. The van der Waals surface area contributed by atoms with Gasteiger partial charge in [0.05, 0.1) is 17.1 Å². The zero-order valence-corrected chi connectivity index (χ0v) is 14.2. The Labute approximate surface area is 145 Å². The minimum atomic E-state index is -0.231. The van der Waals surface area contributed by atoms with Crippen molar-refractivity contribution in [3.8, 4) is 0 Å². The SMILES string of the molecule is C=C(N)c1cc(N)c(C=N)c(C(=N)N=C(N)c2cc(CC)nn2C)n1. The molecular formula is C16H21N9. The van der Waals surface area contributed by atoms with E-state index in [1.165, 1.54) is 6.07 Å². The third-order valence-corrected chi connectivity index (χ3v) is 3.58. The highest BCUT2D eigenvalue weighted by Gasteiger charge is 2.16.